The van der Waals surface area contributed by atoms with E-state index in [2.05, 4.69) is 15.5 Å². The van der Waals surface area contributed by atoms with Gasteiger partial charge in [-0.3, -0.25) is 14.3 Å². The van der Waals surface area contributed by atoms with Gasteiger partial charge in [0, 0.05) is 5.69 Å². The quantitative estimate of drug-likeness (QED) is 0.429. The van der Waals surface area contributed by atoms with Crippen LogP contribution in [0.15, 0.2) is 47.6 Å². The van der Waals surface area contributed by atoms with Crippen molar-refractivity contribution in [1.29, 1.82) is 0 Å². The van der Waals surface area contributed by atoms with Crippen molar-refractivity contribution in [1.82, 2.24) is 25.0 Å². The van der Waals surface area contributed by atoms with Crippen LogP contribution in [0.2, 0.25) is 10.0 Å². The van der Waals surface area contributed by atoms with Gasteiger partial charge in [-0.2, -0.15) is 0 Å². The van der Waals surface area contributed by atoms with E-state index in [1.54, 1.807) is 24.3 Å². The van der Waals surface area contributed by atoms with Crippen LogP contribution in [0.25, 0.3) is 5.69 Å². The summed E-state index contributed by atoms with van der Waals surface area (Å²) in [6, 6.07) is 11.1. The van der Waals surface area contributed by atoms with Crippen molar-refractivity contribution < 1.29 is 9.18 Å². The fourth-order valence-electron chi connectivity index (χ4n) is 2.99. The van der Waals surface area contributed by atoms with Crippen molar-refractivity contribution in [3.63, 3.8) is 0 Å². The number of carbonyl (C=O) groups excluding carboxylic acids is 1. The third-order valence-electron chi connectivity index (χ3n) is 5.04. The van der Waals surface area contributed by atoms with Gasteiger partial charge < -0.3 is 5.32 Å². The Balaban J connectivity index is 1.75. The van der Waals surface area contributed by atoms with E-state index >= 15 is 0 Å². The molecule has 0 spiro atoms. The largest absolute Gasteiger partial charge is 0.349 e. The summed E-state index contributed by atoms with van der Waals surface area (Å²) in [5.74, 6) is 0.355. The Morgan fingerprint density at radius 1 is 1.12 bits per heavy atom. The molecule has 6 nitrogen and oxygen atoms in total. The summed E-state index contributed by atoms with van der Waals surface area (Å²) in [5, 5.41) is 13.0. The lowest BCUT2D eigenvalue weighted by molar-refractivity contribution is -0.119. The maximum Gasteiger partial charge on any atom is 0.230 e. The van der Waals surface area contributed by atoms with Crippen LogP contribution in [0.4, 0.5) is 4.39 Å². The molecule has 0 bridgehead atoms. The average molecular weight is 496 g/mol. The molecular weight excluding hydrogens is 472 g/mol. The molecule has 1 amide bonds. The highest BCUT2D eigenvalue weighted by Crippen LogP contribution is 2.28. The first-order chi connectivity index (χ1) is 15.2. The van der Waals surface area contributed by atoms with E-state index in [0.717, 1.165) is 11.3 Å². The SMILES string of the molecule is CC(NC(=O)CSc1nnc(C(C)N(C)C)n1-c1ccc(F)cc1)c1ccc(Cl)c(Cl)c1. The Labute approximate surface area is 201 Å². The van der Waals surface area contributed by atoms with Crippen molar-refractivity contribution in [2.45, 2.75) is 31.1 Å². The third-order valence-corrected chi connectivity index (χ3v) is 6.71. The molecule has 1 N–H and O–H groups in total. The zero-order valence-corrected chi connectivity index (χ0v) is 20.5. The second-order valence-corrected chi connectivity index (χ2v) is 9.30. The van der Waals surface area contributed by atoms with E-state index < -0.39 is 0 Å². The van der Waals surface area contributed by atoms with Crippen LogP contribution in [0.5, 0.6) is 0 Å². The molecule has 3 rings (SSSR count). The summed E-state index contributed by atoms with van der Waals surface area (Å²) >= 11 is 13.3. The fraction of sp³-hybridized carbons (Fsp3) is 0.318. The molecule has 0 saturated carbocycles. The zero-order chi connectivity index (χ0) is 23.4. The van der Waals surface area contributed by atoms with Crippen LogP contribution in [0.3, 0.4) is 0 Å². The number of halogens is 3. The molecule has 3 aromatic rings. The molecule has 0 fully saturated rings. The standard InChI is InChI=1S/C22H24Cl2FN5OS/c1-13(15-5-10-18(23)19(24)11-15)26-20(31)12-32-22-28-27-21(14(2)29(3)4)30(22)17-8-6-16(25)7-9-17/h5-11,13-14H,12H2,1-4H3,(H,26,31). The number of hydrogen-bond donors (Lipinski definition) is 1. The fourth-order valence-corrected chi connectivity index (χ4v) is 4.06. The summed E-state index contributed by atoms with van der Waals surface area (Å²) in [4.78, 5) is 14.6. The number of benzene rings is 2. The summed E-state index contributed by atoms with van der Waals surface area (Å²) in [6.45, 7) is 3.88. The molecule has 2 atom stereocenters. The van der Waals surface area contributed by atoms with Gasteiger partial charge in [0.15, 0.2) is 11.0 Å². The summed E-state index contributed by atoms with van der Waals surface area (Å²) in [6.07, 6.45) is 0. The molecule has 1 aromatic heterocycles. The summed E-state index contributed by atoms with van der Waals surface area (Å²) in [7, 11) is 3.89. The van der Waals surface area contributed by atoms with Gasteiger partial charge in [0.25, 0.3) is 0 Å². The third kappa shape index (κ3) is 5.81. The Bertz CT molecular complexity index is 1090. The lowest BCUT2D eigenvalue weighted by atomic mass is 10.1. The maximum absolute atomic E-state index is 13.5. The topological polar surface area (TPSA) is 63.1 Å². The van der Waals surface area contributed by atoms with Crippen molar-refractivity contribution in [3.05, 3.63) is 69.7 Å². The minimum Gasteiger partial charge on any atom is -0.349 e. The predicted molar refractivity (Wildman–Crippen MR) is 127 cm³/mol. The minimum atomic E-state index is -0.325. The molecule has 170 valence electrons. The van der Waals surface area contributed by atoms with Gasteiger partial charge in [-0.1, -0.05) is 41.0 Å². The van der Waals surface area contributed by atoms with E-state index in [4.69, 9.17) is 23.2 Å². The number of amides is 1. The van der Waals surface area contributed by atoms with Crippen LogP contribution < -0.4 is 5.32 Å². The monoisotopic (exact) mass is 495 g/mol. The molecule has 0 aliphatic carbocycles. The number of carbonyl (C=O) groups is 1. The van der Waals surface area contributed by atoms with Gasteiger partial charge in [-0.25, -0.2) is 4.39 Å². The molecule has 0 aliphatic heterocycles. The van der Waals surface area contributed by atoms with Crippen LogP contribution in [-0.4, -0.2) is 45.4 Å². The average Bonchev–Trinajstić information content (AvgIpc) is 3.17. The number of rotatable bonds is 8. The van der Waals surface area contributed by atoms with Crippen LogP contribution in [0.1, 0.15) is 37.3 Å². The summed E-state index contributed by atoms with van der Waals surface area (Å²) < 4.78 is 15.3. The first-order valence-corrected chi connectivity index (χ1v) is 11.7. The highest BCUT2D eigenvalue weighted by molar-refractivity contribution is 7.99. The van der Waals surface area contributed by atoms with E-state index in [9.17, 15) is 9.18 Å². The second-order valence-electron chi connectivity index (χ2n) is 7.54. The van der Waals surface area contributed by atoms with Crippen molar-refractivity contribution in [3.8, 4) is 5.69 Å². The lowest BCUT2D eigenvalue weighted by Crippen LogP contribution is -2.28. The molecule has 0 saturated heterocycles. The first-order valence-electron chi connectivity index (χ1n) is 9.92. The summed E-state index contributed by atoms with van der Waals surface area (Å²) in [5.41, 5.74) is 1.58. The van der Waals surface area contributed by atoms with Crippen molar-refractivity contribution in [2.75, 3.05) is 19.8 Å². The maximum atomic E-state index is 13.5. The minimum absolute atomic E-state index is 0.0367. The molecule has 2 aromatic carbocycles. The second kappa shape index (κ2) is 10.7. The number of nitrogens with zero attached hydrogens (tertiary/aromatic N) is 4. The Morgan fingerprint density at radius 2 is 1.81 bits per heavy atom. The molecule has 1 heterocycles. The normalized spacial score (nSPS) is 13.2. The van der Waals surface area contributed by atoms with Gasteiger partial charge in [-0.15, -0.1) is 10.2 Å². The zero-order valence-electron chi connectivity index (χ0n) is 18.1. The molecular formula is C22H24Cl2FN5OS. The smallest absolute Gasteiger partial charge is 0.230 e. The van der Waals surface area contributed by atoms with Gasteiger partial charge in [0.05, 0.1) is 27.9 Å². The number of nitrogens with one attached hydrogen (secondary N) is 1. The molecule has 32 heavy (non-hydrogen) atoms. The number of aromatic nitrogens is 3. The van der Waals surface area contributed by atoms with E-state index in [-0.39, 0.29) is 29.6 Å². The Hall–Kier alpha value is -2.13. The van der Waals surface area contributed by atoms with Gasteiger partial charge in [-0.05, 0) is 69.9 Å². The Morgan fingerprint density at radius 3 is 2.44 bits per heavy atom. The highest BCUT2D eigenvalue weighted by atomic mass is 35.5. The van der Waals surface area contributed by atoms with Crippen molar-refractivity contribution >= 4 is 40.9 Å². The number of thioether (sulfide) groups is 1. The predicted octanol–water partition coefficient (Wildman–Crippen LogP) is 5.31. The van der Waals surface area contributed by atoms with E-state index in [0.29, 0.717) is 21.0 Å². The molecule has 0 radical (unpaired) electrons. The van der Waals surface area contributed by atoms with Gasteiger partial charge in [0.1, 0.15) is 5.82 Å². The number of hydrogen-bond acceptors (Lipinski definition) is 5. The van der Waals surface area contributed by atoms with Crippen LogP contribution in [0, 0.1) is 5.82 Å². The van der Waals surface area contributed by atoms with Gasteiger partial charge in [0.2, 0.25) is 5.91 Å². The van der Waals surface area contributed by atoms with Crippen molar-refractivity contribution in [2.24, 2.45) is 0 Å². The lowest BCUT2D eigenvalue weighted by Gasteiger charge is -2.20. The molecule has 0 aliphatic rings. The van der Waals surface area contributed by atoms with Gasteiger partial charge >= 0.3 is 0 Å². The van der Waals surface area contributed by atoms with E-state index in [1.165, 1.54) is 23.9 Å². The first kappa shape index (κ1) is 24.5. The Kier molecular flexibility index (Phi) is 8.16. The van der Waals surface area contributed by atoms with E-state index in [1.807, 2.05) is 43.5 Å². The molecule has 2 unspecified atom stereocenters. The molecule has 10 heteroatoms. The van der Waals surface area contributed by atoms with Crippen LogP contribution in [-0.2, 0) is 4.79 Å². The highest BCUT2D eigenvalue weighted by Gasteiger charge is 2.22. The van der Waals surface area contributed by atoms with Crippen LogP contribution >= 0.6 is 35.0 Å².